The van der Waals surface area contributed by atoms with Crippen LogP contribution in [0.15, 0.2) is 97.1 Å². The second-order valence-corrected chi connectivity index (χ2v) is 10.3. The van der Waals surface area contributed by atoms with Gasteiger partial charge in [0.05, 0.1) is 0 Å². The molecule has 38 heavy (non-hydrogen) atoms. The summed E-state index contributed by atoms with van der Waals surface area (Å²) in [5.74, 6) is 0.342. The number of fused-ring (bicyclic) bond motifs is 2. The van der Waals surface area contributed by atoms with E-state index in [1.165, 1.54) is 22.3 Å². The van der Waals surface area contributed by atoms with Gasteiger partial charge in [-0.3, -0.25) is 0 Å². The van der Waals surface area contributed by atoms with Crippen molar-refractivity contribution in [3.8, 4) is 44.9 Å². The quantitative estimate of drug-likeness (QED) is 0.257. The number of phenolic OH excluding ortho intramolecular Hbond substituents is 2. The van der Waals surface area contributed by atoms with Gasteiger partial charge in [0.15, 0.2) is 0 Å². The molecular weight excluding hydrogens is 464 g/mol. The Morgan fingerprint density at radius 2 is 0.816 bits per heavy atom. The molecule has 0 atom stereocenters. The zero-order valence-electron chi connectivity index (χ0n) is 22.1. The van der Waals surface area contributed by atoms with Crippen molar-refractivity contribution >= 4 is 21.5 Å². The highest BCUT2D eigenvalue weighted by molar-refractivity contribution is 6.13. The summed E-state index contributed by atoms with van der Waals surface area (Å²) in [5.41, 5.74) is 9.45. The van der Waals surface area contributed by atoms with Crippen LogP contribution in [-0.4, -0.2) is 10.2 Å². The van der Waals surface area contributed by atoms with Crippen LogP contribution >= 0.6 is 0 Å². The summed E-state index contributed by atoms with van der Waals surface area (Å²) < 4.78 is 0. The number of hydrogen-bond acceptors (Lipinski definition) is 2. The topological polar surface area (TPSA) is 40.5 Å². The zero-order valence-corrected chi connectivity index (χ0v) is 22.1. The summed E-state index contributed by atoms with van der Waals surface area (Å²) in [6.07, 6.45) is 0. The smallest absolute Gasteiger partial charge is 0.132 e. The lowest BCUT2D eigenvalue weighted by Gasteiger charge is -2.20. The van der Waals surface area contributed by atoms with Gasteiger partial charge in [0.25, 0.3) is 0 Å². The standard InChI is InChI=1S/C36H30O2/c1-21-13-15-27(17-23(21)3)31-19-25-9-5-7-11-29(25)33(35(31)37)34-30-12-8-6-10-26(30)20-32(36(34)38)28-16-14-22(2)24(4)18-28/h5-20,37-38H,1-4H3. The average molecular weight is 495 g/mol. The second kappa shape index (κ2) is 9.08. The van der Waals surface area contributed by atoms with Crippen LogP contribution in [0.2, 0.25) is 0 Å². The molecule has 186 valence electrons. The maximum Gasteiger partial charge on any atom is 0.132 e. The molecule has 0 radical (unpaired) electrons. The van der Waals surface area contributed by atoms with Gasteiger partial charge in [0.2, 0.25) is 0 Å². The number of phenols is 2. The molecule has 0 aliphatic rings. The SMILES string of the molecule is Cc1ccc(-c2cc3ccccc3c(-c3c(O)c(-c4ccc(C)c(C)c4)cc4ccccc34)c2O)cc1C. The number of hydrogen-bond donors (Lipinski definition) is 2. The minimum atomic E-state index is 0.171. The van der Waals surface area contributed by atoms with Crippen molar-refractivity contribution in [2.75, 3.05) is 0 Å². The minimum absolute atomic E-state index is 0.171. The molecule has 2 heteroatoms. The fourth-order valence-electron chi connectivity index (χ4n) is 5.44. The number of rotatable bonds is 3. The molecule has 6 aromatic rings. The van der Waals surface area contributed by atoms with E-state index in [4.69, 9.17) is 0 Å². The van der Waals surface area contributed by atoms with Gasteiger partial charge in [-0.15, -0.1) is 0 Å². The van der Waals surface area contributed by atoms with Crippen molar-refractivity contribution in [3.05, 3.63) is 119 Å². The van der Waals surface area contributed by atoms with E-state index >= 15 is 0 Å². The predicted molar refractivity (Wildman–Crippen MR) is 160 cm³/mol. The Morgan fingerprint density at radius 3 is 1.21 bits per heavy atom. The molecule has 0 bridgehead atoms. The first-order chi connectivity index (χ1) is 18.3. The third kappa shape index (κ3) is 3.81. The summed E-state index contributed by atoms with van der Waals surface area (Å²) in [6, 6.07) is 32.8. The normalized spacial score (nSPS) is 11.4. The highest BCUT2D eigenvalue weighted by atomic mass is 16.3. The zero-order chi connectivity index (χ0) is 26.6. The van der Waals surface area contributed by atoms with Crippen molar-refractivity contribution < 1.29 is 10.2 Å². The van der Waals surface area contributed by atoms with Crippen molar-refractivity contribution in [1.82, 2.24) is 0 Å². The molecule has 0 aliphatic carbocycles. The fraction of sp³-hybridized carbons (Fsp3) is 0.111. The lowest BCUT2D eigenvalue weighted by atomic mass is 9.86. The van der Waals surface area contributed by atoms with Crippen LogP contribution in [-0.2, 0) is 0 Å². The van der Waals surface area contributed by atoms with E-state index in [9.17, 15) is 10.2 Å². The summed E-state index contributed by atoms with van der Waals surface area (Å²) in [7, 11) is 0. The van der Waals surface area contributed by atoms with E-state index < -0.39 is 0 Å². The molecular formula is C36H30O2. The van der Waals surface area contributed by atoms with Crippen molar-refractivity contribution in [3.63, 3.8) is 0 Å². The van der Waals surface area contributed by atoms with Gasteiger partial charge in [-0.05, 0) is 94.8 Å². The molecule has 6 aromatic carbocycles. The van der Waals surface area contributed by atoms with E-state index in [0.717, 1.165) is 43.8 Å². The Kier molecular flexibility index (Phi) is 5.69. The summed E-state index contributed by atoms with van der Waals surface area (Å²) in [5, 5.41) is 27.8. The molecule has 2 nitrogen and oxygen atoms in total. The van der Waals surface area contributed by atoms with Gasteiger partial charge in [0.1, 0.15) is 11.5 Å². The van der Waals surface area contributed by atoms with Gasteiger partial charge in [-0.1, -0.05) is 84.9 Å². The van der Waals surface area contributed by atoms with E-state index in [1.807, 2.05) is 48.5 Å². The van der Waals surface area contributed by atoms with Crippen LogP contribution in [0, 0.1) is 27.7 Å². The Balaban J connectivity index is 1.75. The van der Waals surface area contributed by atoms with E-state index in [2.05, 4.69) is 76.2 Å². The lowest BCUT2D eigenvalue weighted by molar-refractivity contribution is 0.472. The largest absolute Gasteiger partial charge is 0.507 e. The molecule has 0 heterocycles. The molecule has 0 spiro atoms. The first-order valence-electron chi connectivity index (χ1n) is 13.0. The predicted octanol–water partition coefficient (Wildman–Crippen LogP) is 9.64. The van der Waals surface area contributed by atoms with Gasteiger partial charge < -0.3 is 10.2 Å². The Bertz CT molecular complexity index is 1740. The first-order valence-corrected chi connectivity index (χ1v) is 13.0. The third-order valence-corrected chi connectivity index (χ3v) is 7.93. The van der Waals surface area contributed by atoms with Crippen molar-refractivity contribution in [1.29, 1.82) is 0 Å². The highest BCUT2D eigenvalue weighted by Crippen LogP contribution is 2.51. The van der Waals surface area contributed by atoms with Gasteiger partial charge in [0, 0.05) is 22.3 Å². The van der Waals surface area contributed by atoms with Crippen molar-refractivity contribution in [2.45, 2.75) is 27.7 Å². The molecule has 0 aromatic heterocycles. The molecule has 0 amide bonds. The first kappa shape index (κ1) is 23.8. The summed E-state index contributed by atoms with van der Waals surface area (Å²) in [6.45, 7) is 8.36. The molecule has 0 aliphatic heterocycles. The summed E-state index contributed by atoms with van der Waals surface area (Å²) >= 11 is 0. The van der Waals surface area contributed by atoms with Crippen LogP contribution in [0.1, 0.15) is 22.3 Å². The Labute approximate surface area is 223 Å². The molecule has 0 unspecified atom stereocenters. The fourth-order valence-corrected chi connectivity index (χ4v) is 5.44. The molecule has 6 rings (SSSR count). The molecule has 0 saturated heterocycles. The van der Waals surface area contributed by atoms with Crippen LogP contribution in [0.25, 0.3) is 54.9 Å². The number of benzene rings is 6. The van der Waals surface area contributed by atoms with Gasteiger partial charge in [-0.25, -0.2) is 0 Å². The van der Waals surface area contributed by atoms with Crippen LogP contribution in [0.5, 0.6) is 11.5 Å². The molecule has 0 saturated carbocycles. The van der Waals surface area contributed by atoms with Crippen LogP contribution in [0.3, 0.4) is 0 Å². The Hall–Kier alpha value is -4.56. The van der Waals surface area contributed by atoms with Crippen LogP contribution < -0.4 is 0 Å². The number of aromatic hydroxyl groups is 2. The maximum absolute atomic E-state index is 12.0. The van der Waals surface area contributed by atoms with Crippen molar-refractivity contribution in [2.24, 2.45) is 0 Å². The Morgan fingerprint density at radius 1 is 0.421 bits per heavy atom. The molecule has 0 fully saturated rings. The third-order valence-electron chi connectivity index (χ3n) is 7.93. The number of aryl methyl sites for hydroxylation is 4. The van der Waals surface area contributed by atoms with Crippen LogP contribution in [0.4, 0.5) is 0 Å². The summed E-state index contributed by atoms with van der Waals surface area (Å²) in [4.78, 5) is 0. The van der Waals surface area contributed by atoms with Gasteiger partial charge >= 0.3 is 0 Å². The monoisotopic (exact) mass is 494 g/mol. The second-order valence-electron chi connectivity index (χ2n) is 10.3. The van der Waals surface area contributed by atoms with E-state index in [1.54, 1.807) is 0 Å². The van der Waals surface area contributed by atoms with E-state index in [0.29, 0.717) is 11.1 Å². The van der Waals surface area contributed by atoms with E-state index in [-0.39, 0.29) is 11.5 Å². The average Bonchev–Trinajstić information content (AvgIpc) is 2.92. The van der Waals surface area contributed by atoms with Gasteiger partial charge in [-0.2, -0.15) is 0 Å². The maximum atomic E-state index is 12.0. The molecule has 2 N–H and O–H groups in total. The minimum Gasteiger partial charge on any atom is -0.507 e. The lowest BCUT2D eigenvalue weighted by Crippen LogP contribution is -1.93. The highest BCUT2D eigenvalue weighted by Gasteiger charge is 2.23.